The van der Waals surface area contributed by atoms with Crippen molar-refractivity contribution >= 4 is 6.09 Å². The summed E-state index contributed by atoms with van der Waals surface area (Å²) in [5.74, 6) is 0. The van der Waals surface area contributed by atoms with Crippen LogP contribution in [-0.2, 0) is 16.1 Å². The van der Waals surface area contributed by atoms with Gasteiger partial charge < -0.3 is 14.8 Å². The molecule has 0 aliphatic rings. The van der Waals surface area contributed by atoms with Crippen molar-refractivity contribution in [1.82, 2.24) is 5.32 Å². The van der Waals surface area contributed by atoms with Crippen LogP contribution in [0.3, 0.4) is 0 Å². The maximum atomic E-state index is 11.4. The van der Waals surface area contributed by atoms with Gasteiger partial charge >= 0.3 is 6.09 Å². The Morgan fingerprint density at radius 2 is 1.85 bits per heavy atom. The highest BCUT2D eigenvalue weighted by atomic mass is 16.5. The van der Waals surface area contributed by atoms with E-state index in [0.29, 0.717) is 19.8 Å². The number of ether oxygens (including phenoxy) is 2. The Bertz CT molecular complexity index is 384. The highest BCUT2D eigenvalue weighted by Crippen LogP contribution is 2.17. The number of rotatable bonds is 7. The van der Waals surface area contributed by atoms with E-state index in [0.717, 1.165) is 12.0 Å². The molecule has 0 aliphatic carbocycles. The molecule has 0 saturated carbocycles. The third-order valence-corrected chi connectivity index (χ3v) is 2.72. The first-order valence-corrected chi connectivity index (χ1v) is 7.00. The van der Waals surface area contributed by atoms with Crippen molar-refractivity contribution in [3.8, 4) is 0 Å². The molecule has 0 unspecified atom stereocenters. The Kier molecular flexibility index (Phi) is 7.09. The molecule has 0 saturated heterocycles. The Balaban J connectivity index is 2.01. The van der Waals surface area contributed by atoms with E-state index >= 15 is 0 Å². The second-order valence-electron chi connectivity index (χ2n) is 5.91. The zero-order valence-corrected chi connectivity index (χ0v) is 12.6. The van der Waals surface area contributed by atoms with Crippen molar-refractivity contribution in [2.45, 2.75) is 33.8 Å². The second kappa shape index (κ2) is 8.59. The van der Waals surface area contributed by atoms with Gasteiger partial charge in [0.25, 0.3) is 0 Å². The normalized spacial score (nSPS) is 11.2. The van der Waals surface area contributed by atoms with Crippen LogP contribution in [0.2, 0.25) is 0 Å². The minimum Gasteiger partial charge on any atom is -0.445 e. The molecule has 1 rings (SSSR count). The van der Waals surface area contributed by atoms with Gasteiger partial charge in [-0.2, -0.15) is 0 Å². The third-order valence-electron chi connectivity index (χ3n) is 2.72. The number of alkyl carbamates (subject to hydrolysis) is 1. The summed E-state index contributed by atoms with van der Waals surface area (Å²) in [6.45, 7) is 8.51. The van der Waals surface area contributed by atoms with Crippen molar-refractivity contribution in [1.29, 1.82) is 0 Å². The van der Waals surface area contributed by atoms with Crippen LogP contribution in [0, 0.1) is 5.41 Å². The number of hydrogen-bond donors (Lipinski definition) is 1. The van der Waals surface area contributed by atoms with Gasteiger partial charge in [-0.1, -0.05) is 51.1 Å². The van der Waals surface area contributed by atoms with E-state index in [1.807, 2.05) is 30.3 Å². The number of benzene rings is 1. The van der Waals surface area contributed by atoms with E-state index in [9.17, 15) is 4.79 Å². The van der Waals surface area contributed by atoms with Crippen LogP contribution in [0.25, 0.3) is 0 Å². The van der Waals surface area contributed by atoms with Crippen LogP contribution < -0.4 is 5.32 Å². The largest absolute Gasteiger partial charge is 0.445 e. The zero-order chi connectivity index (χ0) is 14.8. The van der Waals surface area contributed by atoms with Gasteiger partial charge in [-0.25, -0.2) is 4.79 Å². The van der Waals surface area contributed by atoms with E-state index in [4.69, 9.17) is 9.47 Å². The summed E-state index contributed by atoms with van der Waals surface area (Å²) in [5.41, 5.74) is 1.26. The molecule has 0 aliphatic heterocycles. The first kappa shape index (κ1) is 16.5. The van der Waals surface area contributed by atoms with Gasteiger partial charge in [-0.3, -0.25) is 0 Å². The van der Waals surface area contributed by atoms with Gasteiger partial charge in [-0.15, -0.1) is 0 Å². The fourth-order valence-electron chi connectivity index (χ4n) is 1.48. The predicted molar refractivity (Wildman–Crippen MR) is 79.5 cm³/mol. The number of carbonyl (C=O) groups excluding carboxylic acids is 1. The van der Waals surface area contributed by atoms with Crippen LogP contribution >= 0.6 is 0 Å². The molecule has 4 nitrogen and oxygen atoms in total. The third kappa shape index (κ3) is 8.53. The molecular weight excluding hydrogens is 254 g/mol. The fraction of sp³-hybridized carbons (Fsp3) is 0.562. The van der Waals surface area contributed by atoms with Gasteiger partial charge in [0.2, 0.25) is 0 Å². The standard InChI is InChI=1S/C16H25NO3/c1-16(2,3)9-11-19-12-10-17-15(18)20-13-14-7-5-4-6-8-14/h4-8H,9-13H2,1-3H3,(H,17,18). The molecule has 0 heterocycles. The average Bonchev–Trinajstić information content (AvgIpc) is 2.40. The van der Waals surface area contributed by atoms with Crippen molar-refractivity contribution < 1.29 is 14.3 Å². The number of hydrogen-bond acceptors (Lipinski definition) is 3. The summed E-state index contributed by atoms with van der Waals surface area (Å²) in [7, 11) is 0. The van der Waals surface area contributed by atoms with Gasteiger partial charge in [0.15, 0.2) is 0 Å². The summed E-state index contributed by atoms with van der Waals surface area (Å²) in [4.78, 5) is 11.4. The molecule has 0 spiro atoms. The summed E-state index contributed by atoms with van der Waals surface area (Å²) in [6.07, 6.45) is 0.596. The van der Waals surface area contributed by atoms with E-state index in [-0.39, 0.29) is 12.0 Å². The van der Waals surface area contributed by atoms with Crippen molar-refractivity contribution in [2.75, 3.05) is 19.8 Å². The summed E-state index contributed by atoms with van der Waals surface area (Å²) in [5, 5.41) is 2.66. The highest BCUT2D eigenvalue weighted by Gasteiger charge is 2.09. The molecule has 1 N–H and O–H groups in total. The Morgan fingerprint density at radius 3 is 2.50 bits per heavy atom. The molecule has 0 fully saturated rings. The second-order valence-corrected chi connectivity index (χ2v) is 5.91. The quantitative estimate of drug-likeness (QED) is 0.778. The van der Waals surface area contributed by atoms with Crippen LogP contribution in [0.15, 0.2) is 30.3 Å². The molecule has 0 aromatic heterocycles. The van der Waals surface area contributed by atoms with Gasteiger partial charge in [0, 0.05) is 13.2 Å². The molecule has 0 atom stereocenters. The summed E-state index contributed by atoms with van der Waals surface area (Å²) >= 11 is 0. The fourth-order valence-corrected chi connectivity index (χ4v) is 1.48. The van der Waals surface area contributed by atoms with Crippen LogP contribution in [-0.4, -0.2) is 25.9 Å². The van der Waals surface area contributed by atoms with Crippen LogP contribution in [0.5, 0.6) is 0 Å². The molecule has 20 heavy (non-hydrogen) atoms. The minimum absolute atomic E-state index is 0.280. The topological polar surface area (TPSA) is 47.6 Å². The smallest absolute Gasteiger partial charge is 0.407 e. The number of carbonyl (C=O) groups is 1. The van der Waals surface area contributed by atoms with Crippen LogP contribution in [0.4, 0.5) is 4.79 Å². The van der Waals surface area contributed by atoms with Gasteiger partial charge in [-0.05, 0) is 17.4 Å². The Hall–Kier alpha value is -1.55. The molecule has 1 aromatic carbocycles. The lowest BCUT2D eigenvalue weighted by Gasteiger charge is -2.17. The van der Waals surface area contributed by atoms with Gasteiger partial charge in [0.05, 0.1) is 6.61 Å². The molecule has 1 amide bonds. The van der Waals surface area contributed by atoms with Crippen molar-refractivity contribution in [3.63, 3.8) is 0 Å². The lowest BCUT2D eigenvalue weighted by molar-refractivity contribution is 0.103. The minimum atomic E-state index is -0.409. The Labute approximate surface area is 121 Å². The molecule has 1 aromatic rings. The van der Waals surface area contributed by atoms with Crippen molar-refractivity contribution in [3.05, 3.63) is 35.9 Å². The first-order valence-electron chi connectivity index (χ1n) is 7.00. The SMILES string of the molecule is CC(C)(C)CCOCCNC(=O)OCc1ccccc1. The molecular formula is C16H25NO3. The van der Waals surface area contributed by atoms with E-state index in [1.165, 1.54) is 0 Å². The summed E-state index contributed by atoms with van der Waals surface area (Å²) in [6, 6.07) is 9.60. The average molecular weight is 279 g/mol. The number of nitrogens with one attached hydrogen (secondary N) is 1. The highest BCUT2D eigenvalue weighted by molar-refractivity contribution is 5.67. The monoisotopic (exact) mass is 279 g/mol. The summed E-state index contributed by atoms with van der Waals surface area (Å²) < 4.78 is 10.5. The van der Waals surface area contributed by atoms with Crippen molar-refractivity contribution in [2.24, 2.45) is 5.41 Å². The molecule has 0 bridgehead atoms. The van der Waals surface area contributed by atoms with E-state index in [2.05, 4.69) is 26.1 Å². The van der Waals surface area contributed by atoms with Crippen LogP contribution in [0.1, 0.15) is 32.8 Å². The van der Waals surface area contributed by atoms with E-state index in [1.54, 1.807) is 0 Å². The van der Waals surface area contributed by atoms with E-state index < -0.39 is 6.09 Å². The maximum Gasteiger partial charge on any atom is 0.407 e. The molecule has 112 valence electrons. The first-order chi connectivity index (χ1) is 9.47. The maximum absolute atomic E-state index is 11.4. The lowest BCUT2D eigenvalue weighted by Crippen LogP contribution is -2.28. The Morgan fingerprint density at radius 1 is 1.15 bits per heavy atom. The molecule has 4 heteroatoms. The molecule has 0 radical (unpaired) electrons. The predicted octanol–water partition coefficient (Wildman–Crippen LogP) is 3.37. The lowest BCUT2D eigenvalue weighted by atomic mass is 9.93. The zero-order valence-electron chi connectivity index (χ0n) is 12.6. The van der Waals surface area contributed by atoms with Gasteiger partial charge in [0.1, 0.15) is 6.61 Å². The number of amides is 1.